The Kier molecular flexibility index (Phi) is 13.8. The average molecular weight is 506 g/mol. The highest BCUT2D eigenvalue weighted by atomic mass is 19.1. The van der Waals surface area contributed by atoms with Crippen molar-refractivity contribution in [3.05, 3.63) is 65.0 Å². The lowest BCUT2D eigenvalue weighted by Crippen LogP contribution is -2.47. The van der Waals surface area contributed by atoms with Crippen molar-refractivity contribution in [3.63, 3.8) is 0 Å². The minimum absolute atomic E-state index is 0.0737. The molecule has 5 N–H and O–H groups in total. The number of likely N-dealkylation sites (tertiary alicyclic amines) is 1. The van der Waals surface area contributed by atoms with Gasteiger partial charge in [-0.05, 0) is 56.1 Å². The second-order valence-electron chi connectivity index (χ2n) is 8.35. The third-order valence-corrected chi connectivity index (χ3v) is 4.92. The minimum Gasteiger partial charge on any atom is -0.491 e. The summed E-state index contributed by atoms with van der Waals surface area (Å²) in [6.07, 6.45) is 1.95. The largest absolute Gasteiger partial charge is 0.491 e. The first-order chi connectivity index (χ1) is 17.0. The molecule has 0 radical (unpaired) electrons. The quantitative estimate of drug-likeness (QED) is 0.450. The van der Waals surface area contributed by atoms with Crippen LogP contribution in [0.2, 0.25) is 0 Å². The number of piperidine rings is 1. The Morgan fingerprint density at radius 1 is 1.11 bits per heavy atom. The summed E-state index contributed by atoms with van der Waals surface area (Å²) in [5.41, 5.74) is 8.14. The van der Waals surface area contributed by atoms with Crippen LogP contribution >= 0.6 is 0 Å². The van der Waals surface area contributed by atoms with Crippen LogP contribution in [0, 0.1) is 12.7 Å². The number of carbonyl (C=O) groups excluding carboxylic acids is 1. The van der Waals surface area contributed by atoms with Crippen LogP contribution in [0.3, 0.4) is 0 Å². The van der Waals surface area contributed by atoms with Gasteiger partial charge in [-0.3, -0.25) is 19.3 Å². The number of carboxylic acids is 2. The fourth-order valence-corrected chi connectivity index (χ4v) is 3.54. The topological polar surface area (TPSA) is 142 Å². The molecular formula is C26H36FN3O6. The van der Waals surface area contributed by atoms with Crippen LogP contribution in [0.25, 0.3) is 0 Å². The van der Waals surface area contributed by atoms with Gasteiger partial charge in [0.1, 0.15) is 18.2 Å². The summed E-state index contributed by atoms with van der Waals surface area (Å²) in [5, 5.41) is 18.0. The molecule has 1 heterocycles. The van der Waals surface area contributed by atoms with Gasteiger partial charge in [0, 0.05) is 39.5 Å². The van der Waals surface area contributed by atoms with Gasteiger partial charge in [-0.2, -0.15) is 0 Å². The zero-order chi connectivity index (χ0) is 27.1. The summed E-state index contributed by atoms with van der Waals surface area (Å²) in [6, 6.07) is 12.3. The number of hydrogen-bond donors (Lipinski definition) is 4. The third-order valence-electron chi connectivity index (χ3n) is 4.92. The van der Waals surface area contributed by atoms with Gasteiger partial charge in [0.25, 0.3) is 17.8 Å². The molecule has 2 aromatic carbocycles. The second-order valence-corrected chi connectivity index (χ2v) is 8.35. The Morgan fingerprint density at radius 2 is 1.72 bits per heavy atom. The first-order valence-electron chi connectivity index (χ1n) is 11.6. The van der Waals surface area contributed by atoms with E-state index in [1.807, 2.05) is 37.3 Å². The molecule has 0 spiro atoms. The predicted octanol–water partition coefficient (Wildman–Crippen LogP) is 3.05. The Balaban J connectivity index is 0.000000709. The summed E-state index contributed by atoms with van der Waals surface area (Å²) < 4.78 is 18.7. The highest BCUT2D eigenvalue weighted by Crippen LogP contribution is 2.21. The van der Waals surface area contributed by atoms with Crippen LogP contribution in [0.5, 0.6) is 5.75 Å². The highest BCUT2D eigenvalue weighted by molar-refractivity contribution is 5.97. The molecule has 0 bridgehead atoms. The van der Waals surface area contributed by atoms with Crippen molar-refractivity contribution < 1.29 is 33.7 Å². The molecule has 3 rings (SSSR count). The molecule has 2 aromatic rings. The minimum atomic E-state index is -0.833. The first-order valence-corrected chi connectivity index (χ1v) is 11.6. The lowest BCUT2D eigenvalue weighted by atomic mass is 10.0. The van der Waals surface area contributed by atoms with E-state index in [2.05, 4.69) is 10.2 Å². The maximum absolute atomic E-state index is 13.1. The monoisotopic (exact) mass is 505 g/mol. The van der Waals surface area contributed by atoms with E-state index < -0.39 is 11.9 Å². The second kappa shape index (κ2) is 16.2. The maximum atomic E-state index is 13.1. The van der Waals surface area contributed by atoms with Gasteiger partial charge in [0.15, 0.2) is 0 Å². The number of nitrogens with one attached hydrogen (secondary N) is 1. The zero-order valence-corrected chi connectivity index (χ0v) is 21.0. The van der Waals surface area contributed by atoms with E-state index in [-0.39, 0.29) is 17.8 Å². The fourth-order valence-electron chi connectivity index (χ4n) is 3.54. The van der Waals surface area contributed by atoms with Crippen LogP contribution < -0.4 is 15.8 Å². The molecule has 198 valence electrons. The van der Waals surface area contributed by atoms with Crippen molar-refractivity contribution in [2.24, 2.45) is 5.73 Å². The summed E-state index contributed by atoms with van der Waals surface area (Å²) >= 11 is 0. The van der Waals surface area contributed by atoms with E-state index in [1.54, 1.807) is 0 Å². The SMILES string of the molecule is CC(=O)O.CC(=O)O.Cc1ccc(OCCN)c(C(=O)NC2CCCN(Cc3ccc(F)cc3)C2)c1. The fraction of sp³-hybridized carbons (Fsp3) is 0.423. The molecule has 0 saturated carbocycles. The number of carbonyl (C=O) groups is 3. The maximum Gasteiger partial charge on any atom is 0.300 e. The van der Waals surface area contributed by atoms with Crippen molar-refractivity contribution in [3.8, 4) is 5.75 Å². The molecule has 1 aliphatic heterocycles. The number of nitrogens with zero attached hydrogens (tertiary/aromatic N) is 1. The van der Waals surface area contributed by atoms with Crippen LogP contribution in [-0.2, 0) is 16.1 Å². The number of benzene rings is 2. The van der Waals surface area contributed by atoms with Crippen LogP contribution in [0.1, 0.15) is 48.2 Å². The van der Waals surface area contributed by atoms with E-state index in [0.29, 0.717) is 24.5 Å². The molecule has 0 aliphatic carbocycles. The number of halogens is 1. The van der Waals surface area contributed by atoms with Gasteiger partial charge in [-0.15, -0.1) is 0 Å². The van der Waals surface area contributed by atoms with E-state index in [4.69, 9.17) is 30.3 Å². The molecule has 1 amide bonds. The Bertz CT molecular complexity index is 964. The molecule has 1 fully saturated rings. The molecule has 0 aromatic heterocycles. The van der Waals surface area contributed by atoms with Gasteiger partial charge in [-0.25, -0.2) is 4.39 Å². The van der Waals surface area contributed by atoms with Gasteiger partial charge < -0.3 is 26.0 Å². The average Bonchev–Trinajstić information content (AvgIpc) is 2.79. The summed E-state index contributed by atoms with van der Waals surface area (Å²) in [7, 11) is 0. The molecule has 9 nitrogen and oxygen atoms in total. The van der Waals surface area contributed by atoms with E-state index in [9.17, 15) is 9.18 Å². The Hall–Kier alpha value is -3.50. The first kappa shape index (κ1) is 30.5. The summed E-state index contributed by atoms with van der Waals surface area (Å²) in [5.74, 6) is -1.45. The number of amides is 1. The van der Waals surface area contributed by atoms with Gasteiger partial charge in [-0.1, -0.05) is 23.8 Å². The molecule has 1 saturated heterocycles. The molecule has 10 heteroatoms. The number of nitrogens with two attached hydrogens (primary N) is 1. The summed E-state index contributed by atoms with van der Waals surface area (Å²) in [6.45, 7) is 7.39. The molecule has 1 unspecified atom stereocenters. The normalized spacial score (nSPS) is 14.9. The zero-order valence-electron chi connectivity index (χ0n) is 21.0. The van der Waals surface area contributed by atoms with Crippen LogP contribution in [0.4, 0.5) is 4.39 Å². The predicted molar refractivity (Wildman–Crippen MR) is 135 cm³/mol. The van der Waals surface area contributed by atoms with Crippen LogP contribution in [0.15, 0.2) is 42.5 Å². The van der Waals surface area contributed by atoms with Gasteiger partial charge in [0.05, 0.1) is 5.56 Å². The highest BCUT2D eigenvalue weighted by Gasteiger charge is 2.23. The molecule has 1 aliphatic rings. The van der Waals surface area contributed by atoms with E-state index in [1.165, 1.54) is 12.1 Å². The number of aliphatic carboxylic acids is 2. The number of aryl methyl sites for hydroxylation is 1. The molecular weight excluding hydrogens is 469 g/mol. The molecule has 1 atom stereocenters. The van der Waals surface area contributed by atoms with Crippen LogP contribution in [-0.4, -0.2) is 65.2 Å². The number of ether oxygens (including phenoxy) is 1. The van der Waals surface area contributed by atoms with E-state index >= 15 is 0 Å². The Morgan fingerprint density at radius 3 is 2.31 bits per heavy atom. The third kappa shape index (κ3) is 12.8. The van der Waals surface area contributed by atoms with Crippen molar-refractivity contribution in [1.82, 2.24) is 10.2 Å². The summed E-state index contributed by atoms with van der Waals surface area (Å²) in [4.78, 5) is 33.2. The standard InChI is InChI=1S/C22H28FN3O2.2C2H4O2/c1-16-4-9-21(28-12-10-24)20(13-16)22(27)25-19-3-2-11-26(15-19)14-17-5-7-18(23)8-6-17;2*1-2(3)4/h4-9,13,19H,2-3,10-12,14-15,24H2,1H3,(H,25,27);2*1H3,(H,3,4). The van der Waals surface area contributed by atoms with Crippen molar-refractivity contribution in [1.29, 1.82) is 0 Å². The number of rotatable bonds is 7. The lowest BCUT2D eigenvalue weighted by Gasteiger charge is -2.33. The van der Waals surface area contributed by atoms with Crippen molar-refractivity contribution in [2.45, 2.75) is 46.2 Å². The van der Waals surface area contributed by atoms with Crippen molar-refractivity contribution >= 4 is 17.8 Å². The van der Waals surface area contributed by atoms with Gasteiger partial charge >= 0.3 is 0 Å². The number of carboxylic acid groups (broad SMARTS) is 2. The number of hydrogen-bond acceptors (Lipinski definition) is 6. The lowest BCUT2D eigenvalue weighted by molar-refractivity contribution is -0.135. The smallest absolute Gasteiger partial charge is 0.300 e. The molecule has 36 heavy (non-hydrogen) atoms. The van der Waals surface area contributed by atoms with Gasteiger partial charge in [0.2, 0.25) is 0 Å². The Labute approximate surface area is 211 Å². The van der Waals surface area contributed by atoms with E-state index in [0.717, 1.165) is 57.5 Å². The van der Waals surface area contributed by atoms with Crippen molar-refractivity contribution in [2.75, 3.05) is 26.2 Å².